The molecular weight excluding hydrogens is 200 g/mol. The molecule has 0 heterocycles. The van der Waals surface area contributed by atoms with Crippen molar-refractivity contribution < 1.29 is 10.1 Å². The Morgan fingerprint density at radius 2 is 1.31 bits per heavy atom. The van der Waals surface area contributed by atoms with Gasteiger partial charge in [-0.1, -0.05) is 48.5 Å². The Morgan fingerprint density at radius 3 is 1.75 bits per heavy atom. The van der Waals surface area contributed by atoms with Gasteiger partial charge in [0.1, 0.15) is 0 Å². The summed E-state index contributed by atoms with van der Waals surface area (Å²) >= 11 is 0. The Balaban J connectivity index is 2.39. The molecule has 16 heavy (non-hydrogen) atoms. The summed E-state index contributed by atoms with van der Waals surface area (Å²) in [7, 11) is 0. The summed E-state index contributed by atoms with van der Waals surface area (Å²) in [6, 6.07) is 16.0. The van der Waals surface area contributed by atoms with Crippen molar-refractivity contribution >= 4 is 0 Å². The predicted octanol–water partition coefficient (Wildman–Crippen LogP) is 3.42. The topological polar surface area (TPSA) is 29.5 Å². The molecule has 0 amide bonds. The molecular formula is C14H12O2. The second-order valence-electron chi connectivity index (χ2n) is 4.22. The van der Waals surface area contributed by atoms with Gasteiger partial charge in [0.2, 0.25) is 0 Å². The molecule has 2 nitrogen and oxygen atoms in total. The highest BCUT2D eigenvalue weighted by Crippen LogP contribution is 2.48. The van der Waals surface area contributed by atoms with Crippen LogP contribution in [-0.2, 0) is 10.5 Å². The molecule has 1 N–H and O–H groups in total. The van der Waals surface area contributed by atoms with E-state index in [-0.39, 0.29) is 0 Å². The normalized spacial score (nSPS) is 15.6. The van der Waals surface area contributed by atoms with Crippen molar-refractivity contribution in [1.82, 2.24) is 0 Å². The minimum absolute atomic E-state index is 0.743. The molecule has 0 fully saturated rings. The molecule has 0 saturated carbocycles. The predicted molar refractivity (Wildman–Crippen MR) is 62.0 cm³/mol. The lowest BCUT2D eigenvalue weighted by molar-refractivity contribution is -0.308. The van der Waals surface area contributed by atoms with E-state index in [9.17, 15) is 5.26 Å². The summed E-state index contributed by atoms with van der Waals surface area (Å²) in [6.07, 6.45) is 0. The molecule has 1 aliphatic carbocycles. The fraction of sp³-hybridized carbons (Fsp3) is 0.143. The van der Waals surface area contributed by atoms with E-state index >= 15 is 0 Å². The van der Waals surface area contributed by atoms with Crippen molar-refractivity contribution in [2.75, 3.05) is 0 Å². The van der Waals surface area contributed by atoms with Gasteiger partial charge in [0.05, 0.1) is 0 Å². The molecule has 2 aromatic rings. The van der Waals surface area contributed by atoms with Crippen LogP contribution in [0.4, 0.5) is 0 Å². The molecule has 2 aromatic carbocycles. The molecule has 0 unspecified atom stereocenters. The van der Waals surface area contributed by atoms with Crippen molar-refractivity contribution in [3.05, 3.63) is 59.7 Å². The Morgan fingerprint density at radius 1 is 0.875 bits per heavy atom. The molecule has 0 bridgehead atoms. The first-order chi connectivity index (χ1) is 7.77. The van der Waals surface area contributed by atoms with Crippen LogP contribution in [-0.4, -0.2) is 5.26 Å². The quantitative estimate of drug-likeness (QED) is 0.579. The number of hydrogen-bond acceptors (Lipinski definition) is 2. The third kappa shape index (κ3) is 1.03. The van der Waals surface area contributed by atoms with E-state index < -0.39 is 5.60 Å². The largest absolute Gasteiger partial charge is 0.251 e. The maximum atomic E-state index is 9.22. The summed E-state index contributed by atoms with van der Waals surface area (Å²) < 4.78 is 0. The van der Waals surface area contributed by atoms with Gasteiger partial charge in [0, 0.05) is 0 Å². The van der Waals surface area contributed by atoms with Crippen LogP contribution in [0.5, 0.6) is 0 Å². The molecule has 0 aliphatic heterocycles. The van der Waals surface area contributed by atoms with Gasteiger partial charge in [-0.05, 0) is 29.2 Å². The zero-order chi connectivity index (χ0) is 11.2. The molecule has 2 heteroatoms. The van der Waals surface area contributed by atoms with E-state index in [0.717, 1.165) is 22.3 Å². The SMILES string of the molecule is CC1(OO)c2ccccc2-c2ccccc21. The lowest BCUT2D eigenvalue weighted by Gasteiger charge is -2.22. The van der Waals surface area contributed by atoms with Crippen LogP contribution < -0.4 is 0 Å². The fourth-order valence-electron chi connectivity index (χ4n) is 2.51. The molecule has 80 valence electrons. The van der Waals surface area contributed by atoms with Crippen molar-refractivity contribution in [1.29, 1.82) is 0 Å². The van der Waals surface area contributed by atoms with E-state index in [1.165, 1.54) is 0 Å². The zero-order valence-corrected chi connectivity index (χ0v) is 8.97. The van der Waals surface area contributed by atoms with Gasteiger partial charge in [-0.3, -0.25) is 5.26 Å². The first-order valence-electron chi connectivity index (χ1n) is 5.29. The van der Waals surface area contributed by atoms with Crippen LogP contribution in [0.2, 0.25) is 0 Å². The van der Waals surface area contributed by atoms with Gasteiger partial charge in [-0.15, -0.1) is 0 Å². The van der Waals surface area contributed by atoms with Gasteiger partial charge in [0.15, 0.2) is 5.60 Å². The van der Waals surface area contributed by atoms with Crippen LogP contribution in [0.1, 0.15) is 18.1 Å². The van der Waals surface area contributed by atoms with E-state index in [1.807, 2.05) is 43.3 Å². The Hall–Kier alpha value is -1.64. The molecule has 0 saturated heterocycles. The molecule has 0 atom stereocenters. The summed E-state index contributed by atoms with van der Waals surface area (Å²) in [5, 5.41) is 9.22. The highest BCUT2D eigenvalue weighted by atomic mass is 17.1. The first-order valence-corrected chi connectivity index (χ1v) is 5.29. The first kappa shape index (κ1) is 9.58. The average Bonchev–Trinajstić information content (AvgIpc) is 2.62. The Bertz CT molecular complexity index is 500. The van der Waals surface area contributed by atoms with Crippen LogP contribution in [0, 0.1) is 0 Å². The van der Waals surface area contributed by atoms with E-state index in [1.54, 1.807) is 0 Å². The van der Waals surface area contributed by atoms with E-state index in [4.69, 9.17) is 4.89 Å². The van der Waals surface area contributed by atoms with Crippen LogP contribution in [0.15, 0.2) is 48.5 Å². The Kier molecular flexibility index (Phi) is 1.90. The molecule has 3 rings (SSSR count). The van der Waals surface area contributed by atoms with Gasteiger partial charge >= 0.3 is 0 Å². The van der Waals surface area contributed by atoms with Crippen molar-refractivity contribution in [3.63, 3.8) is 0 Å². The van der Waals surface area contributed by atoms with Crippen molar-refractivity contribution in [3.8, 4) is 11.1 Å². The molecule has 0 radical (unpaired) electrons. The van der Waals surface area contributed by atoms with Crippen molar-refractivity contribution in [2.45, 2.75) is 12.5 Å². The highest BCUT2D eigenvalue weighted by Gasteiger charge is 2.40. The minimum atomic E-state index is -0.743. The van der Waals surface area contributed by atoms with E-state index in [0.29, 0.717) is 0 Å². The highest BCUT2D eigenvalue weighted by molar-refractivity contribution is 5.79. The van der Waals surface area contributed by atoms with Crippen LogP contribution >= 0.6 is 0 Å². The van der Waals surface area contributed by atoms with Gasteiger partial charge in [-0.25, -0.2) is 4.89 Å². The van der Waals surface area contributed by atoms with Crippen LogP contribution in [0.3, 0.4) is 0 Å². The molecule has 0 aromatic heterocycles. The van der Waals surface area contributed by atoms with Gasteiger partial charge < -0.3 is 0 Å². The Labute approximate surface area is 94.0 Å². The van der Waals surface area contributed by atoms with E-state index in [2.05, 4.69) is 12.1 Å². The third-order valence-corrected chi connectivity index (χ3v) is 3.35. The number of benzene rings is 2. The lowest BCUT2D eigenvalue weighted by Crippen LogP contribution is -2.23. The van der Waals surface area contributed by atoms with Crippen molar-refractivity contribution in [2.24, 2.45) is 0 Å². The lowest BCUT2D eigenvalue weighted by atomic mass is 9.94. The van der Waals surface area contributed by atoms with Crippen LogP contribution in [0.25, 0.3) is 11.1 Å². The number of rotatable bonds is 1. The number of hydrogen-bond donors (Lipinski definition) is 1. The smallest absolute Gasteiger partial charge is 0.152 e. The molecule has 1 aliphatic rings. The monoisotopic (exact) mass is 212 g/mol. The minimum Gasteiger partial charge on any atom is -0.251 e. The second kappa shape index (κ2) is 3.17. The zero-order valence-electron chi connectivity index (χ0n) is 8.97. The summed E-state index contributed by atoms with van der Waals surface area (Å²) in [5.41, 5.74) is 3.55. The second-order valence-corrected chi connectivity index (χ2v) is 4.22. The maximum absolute atomic E-state index is 9.22. The summed E-state index contributed by atoms with van der Waals surface area (Å²) in [6.45, 7) is 1.89. The summed E-state index contributed by atoms with van der Waals surface area (Å²) in [5.74, 6) is 0. The average molecular weight is 212 g/mol. The fourth-order valence-corrected chi connectivity index (χ4v) is 2.51. The summed E-state index contributed by atoms with van der Waals surface area (Å²) in [4.78, 5) is 4.75. The number of fused-ring (bicyclic) bond motifs is 3. The van der Waals surface area contributed by atoms with Gasteiger partial charge in [0.25, 0.3) is 0 Å². The standard InChI is InChI=1S/C14H12O2/c1-14(16-15)12-8-4-2-6-10(12)11-7-3-5-9-13(11)14/h2-9,15H,1H3. The molecule has 0 spiro atoms. The van der Waals surface area contributed by atoms with Gasteiger partial charge in [-0.2, -0.15) is 0 Å². The third-order valence-electron chi connectivity index (χ3n) is 3.35. The maximum Gasteiger partial charge on any atom is 0.152 e.